The summed E-state index contributed by atoms with van der Waals surface area (Å²) in [7, 11) is 0. The standard InChI is InChI=1S/C21H16ClN3O3/c22-18-14(11-13-5-1-3-7-16(13)23-18)12-25-19(26)21(24-20(25)27)9-10-28-17-8-4-2-6-15(17)21/h1-8,11H,9-10,12H2,(H,24,27)/t21-/m0/s1. The molecular weight excluding hydrogens is 378 g/mol. The van der Waals surface area contributed by atoms with Gasteiger partial charge in [-0.1, -0.05) is 48.0 Å². The SMILES string of the molecule is O=C1N[C@]2(CCOc3ccccc32)C(=O)N1Cc1cc2ccccc2nc1Cl. The summed E-state index contributed by atoms with van der Waals surface area (Å²) >= 11 is 6.33. The Morgan fingerprint density at radius 2 is 1.93 bits per heavy atom. The maximum atomic E-state index is 13.4. The Bertz CT molecular complexity index is 1130. The van der Waals surface area contributed by atoms with Crippen LogP contribution in [0, 0.1) is 0 Å². The normalized spacial score (nSPS) is 21.0. The van der Waals surface area contributed by atoms with Gasteiger partial charge in [-0.15, -0.1) is 0 Å². The fraction of sp³-hybridized carbons (Fsp3) is 0.190. The highest BCUT2D eigenvalue weighted by atomic mass is 35.5. The van der Waals surface area contributed by atoms with E-state index in [0.29, 0.717) is 29.9 Å². The lowest BCUT2D eigenvalue weighted by atomic mass is 9.84. The number of rotatable bonds is 2. The Morgan fingerprint density at radius 3 is 2.82 bits per heavy atom. The van der Waals surface area contributed by atoms with Crippen LogP contribution in [0.15, 0.2) is 54.6 Å². The second-order valence-corrected chi connectivity index (χ2v) is 7.31. The molecule has 3 amide bonds. The number of aromatic nitrogens is 1. The number of nitrogens with one attached hydrogen (secondary N) is 1. The number of ether oxygens (including phenoxy) is 1. The summed E-state index contributed by atoms with van der Waals surface area (Å²) in [6.45, 7) is 0.418. The van der Waals surface area contributed by atoms with E-state index in [0.717, 1.165) is 10.9 Å². The number of hydrogen-bond acceptors (Lipinski definition) is 4. The van der Waals surface area contributed by atoms with Crippen molar-refractivity contribution in [3.63, 3.8) is 0 Å². The smallest absolute Gasteiger partial charge is 0.325 e. The van der Waals surface area contributed by atoms with Crippen LogP contribution in [0.1, 0.15) is 17.5 Å². The van der Waals surface area contributed by atoms with Crippen LogP contribution in [0.3, 0.4) is 0 Å². The number of carbonyl (C=O) groups excluding carboxylic acids is 2. The molecule has 3 aromatic rings. The van der Waals surface area contributed by atoms with Crippen LogP contribution in [0.25, 0.3) is 10.9 Å². The molecule has 1 aromatic heterocycles. The summed E-state index contributed by atoms with van der Waals surface area (Å²) in [5.41, 5.74) is 0.984. The Kier molecular flexibility index (Phi) is 3.77. The van der Waals surface area contributed by atoms with Gasteiger partial charge in [-0.05, 0) is 18.2 Å². The highest BCUT2D eigenvalue weighted by Gasteiger charge is 2.54. The van der Waals surface area contributed by atoms with Crippen LogP contribution in [-0.2, 0) is 16.9 Å². The van der Waals surface area contributed by atoms with Gasteiger partial charge in [-0.25, -0.2) is 9.78 Å². The molecule has 0 radical (unpaired) electrons. The number of carbonyl (C=O) groups is 2. The predicted octanol–water partition coefficient (Wildman–Crippen LogP) is 3.62. The molecule has 0 aliphatic carbocycles. The summed E-state index contributed by atoms with van der Waals surface area (Å²) in [6, 6.07) is 16.3. The van der Waals surface area contributed by atoms with E-state index in [1.54, 1.807) is 0 Å². The van der Waals surface area contributed by atoms with Crippen LogP contribution in [0.5, 0.6) is 5.75 Å². The Morgan fingerprint density at radius 1 is 1.14 bits per heavy atom. The number of imide groups is 1. The molecule has 0 bridgehead atoms. The van der Waals surface area contributed by atoms with Gasteiger partial charge in [0.2, 0.25) is 0 Å². The van der Waals surface area contributed by atoms with Crippen molar-refractivity contribution in [2.45, 2.75) is 18.5 Å². The first-order valence-electron chi connectivity index (χ1n) is 8.99. The minimum atomic E-state index is -1.09. The largest absolute Gasteiger partial charge is 0.493 e. The van der Waals surface area contributed by atoms with Crippen LogP contribution in [0.4, 0.5) is 4.79 Å². The number of para-hydroxylation sites is 2. The summed E-state index contributed by atoms with van der Waals surface area (Å²) < 4.78 is 5.66. The summed E-state index contributed by atoms with van der Waals surface area (Å²) in [6.07, 6.45) is 0.384. The average Bonchev–Trinajstić information content (AvgIpc) is 2.93. The van der Waals surface area contributed by atoms with Crippen LogP contribution < -0.4 is 10.1 Å². The number of hydrogen-bond donors (Lipinski definition) is 1. The fourth-order valence-electron chi connectivity index (χ4n) is 3.93. The average molecular weight is 394 g/mol. The molecule has 7 heteroatoms. The Balaban J connectivity index is 1.52. The highest BCUT2D eigenvalue weighted by molar-refractivity contribution is 6.30. The van der Waals surface area contributed by atoms with Crippen molar-refractivity contribution >= 4 is 34.4 Å². The van der Waals surface area contributed by atoms with Crippen molar-refractivity contribution in [3.05, 3.63) is 70.9 Å². The van der Waals surface area contributed by atoms with Crippen molar-refractivity contribution in [1.29, 1.82) is 0 Å². The van der Waals surface area contributed by atoms with Gasteiger partial charge in [0, 0.05) is 22.9 Å². The molecule has 28 heavy (non-hydrogen) atoms. The van der Waals surface area contributed by atoms with Gasteiger partial charge in [-0.3, -0.25) is 9.69 Å². The maximum absolute atomic E-state index is 13.4. The van der Waals surface area contributed by atoms with E-state index in [4.69, 9.17) is 16.3 Å². The van der Waals surface area contributed by atoms with Gasteiger partial charge in [0.1, 0.15) is 10.9 Å². The Hall–Kier alpha value is -3.12. The monoisotopic (exact) mass is 393 g/mol. The van der Waals surface area contributed by atoms with Crippen LogP contribution in [-0.4, -0.2) is 28.4 Å². The molecule has 0 saturated carbocycles. The number of nitrogens with zero attached hydrogens (tertiary/aromatic N) is 2. The first-order valence-corrected chi connectivity index (χ1v) is 9.37. The topological polar surface area (TPSA) is 71.5 Å². The molecule has 140 valence electrons. The summed E-state index contributed by atoms with van der Waals surface area (Å²) in [4.78, 5) is 31.7. The van der Waals surface area contributed by atoms with Crippen molar-refractivity contribution < 1.29 is 14.3 Å². The second-order valence-electron chi connectivity index (χ2n) is 6.95. The molecule has 1 saturated heterocycles. The third-order valence-corrected chi connectivity index (χ3v) is 5.66. The van der Waals surface area contributed by atoms with Gasteiger partial charge >= 0.3 is 6.03 Å². The number of benzene rings is 2. The summed E-state index contributed by atoms with van der Waals surface area (Å²) in [5.74, 6) is 0.326. The van der Waals surface area contributed by atoms with Crippen molar-refractivity contribution in [2.24, 2.45) is 0 Å². The first-order chi connectivity index (χ1) is 13.6. The van der Waals surface area contributed by atoms with Gasteiger partial charge in [-0.2, -0.15) is 0 Å². The minimum absolute atomic E-state index is 0.0616. The minimum Gasteiger partial charge on any atom is -0.493 e. The number of urea groups is 1. The molecular formula is C21H16ClN3O3. The van der Waals surface area contributed by atoms with Gasteiger partial charge < -0.3 is 10.1 Å². The molecule has 6 nitrogen and oxygen atoms in total. The number of amides is 3. The molecule has 1 atom stereocenters. The van der Waals surface area contributed by atoms with E-state index in [-0.39, 0.29) is 17.6 Å². The zero-order valence-corrected chi connectivity index (χ0v) is 15.6. The molecule has 1 fully saturated rings. The number of fused-ring (bicyclic) bond motifs is 3. The van der Waals surface area contributed by atoms with E-state index in [9.17, 15) is 9.59 Å². The fourth-order valence-corrected chi connectivity index (χ4v) is 4.14. The summed E-state index contributed by atoms with van der Waals surface area (Å²) in [5, 5.41) is 4.08. The lowest BCUT2D eigenvalue weighted by Crippen LogP contribution is -2.47. The van der Waals surface area contributed by atoms with Crippen LogP contribution in [0.2, 0.25) is 5.15 Å². The molecule has 1 N–H and O–H groups in total. The van der Waals surface area contributed by atoms with Gasteiger partial charge in [0.25, 0.3) is 5.91 Å². The maximum Gasteiger partial charge on any atom is 0.325 e. The Labute approximate surface area is 166 Å². The van der Waals surface area contributed by atoms with E-state index in [1.807, 2.05) is 54.6 Å². The molecule has 2 aliphatic heterocycles. The van der Waals surface area contributed by atoms with Crippen molar-refractivity contribution in [1.82, 2.24) is 15.2 Å². The molecule has 1 spiro atoms. The third kappa shape index (κ3) is 2.45. The zero-order chi connectivity index (χ0) is 19.3. The van der Waals surface area contributed by atoms with E-state index >= 15 is 0 Å². The van der Waals surface area contributed by atoms with E-state index in [1.165, 1.54) is 4.90 Å². The van der Waals surface area contributed by atoms with Crippen molar-refractivity contribution in [2.75, 3.05) is 6.61 Å². The number of halogens is 1. The van der Waals surface area contributed by atoms with Crippen molar-refractivity contribution in [3.8, 4) is 5.75 Å². The molecule has 2 aliphatic rings. The van der Waals surface area contributed by atoms with E-state index < -0.39 is 11.6 Å². The molecule has 5 rings (SSSR count). The molecule has 2 aromatic carbocycles. The van der Waals surface area contributed by atoms with Gasteiger partial charge in [0.05, 0.1) is 18.7 Å². The van der Waals surface area contributed by atoms with Gasteiger partial charge in [0.15, 0.2) is 5.54 Å². The molecule has 3 heterocycles. The molecule has 0 unspecified atom stereocenters. The van der Waals surface area contributed by atoms with Crippen LogP contribution >= 0.6 is 11.6 Å². The third-order valence-electron chi connectivity index (χ3n) is 5.34. The predicted molar refractivity (Wildman–Crippen MR) is 104 cm³/mol. The highest BCUT2D eigenvalue weighted by Crippen LogP contribution is 2.41. The van der Waals surface area contributed by atoms with E-state index in [2.05, 4.69) is 10.3 Å². The second kappa shape index (κ2) is 6.21. The lowest BCUT2D eigenvalue weighted by molar-refractivity contribution is -0.133. The lowest BCUT2D eigenvalue weighted by Gasteiger charge is -2.33. The quantitative estimate of drug-likeness (QED) is 0.533. The number of pyridine rings is 1. The first kappa shape index (κ1) is 17.0. The zero-order valence-electron chi connectivity index (χ0n) is 14.8.